The van der Waals surface area contributed by atoms with Crippen molar-refractivity contribution in [2.45, 2.75) is 213 Å². The number of unbranched alkanes of at least 4 members (excludes halogenated alkanes) is 21. The van der Waals surface area contributed by atoms with Crippen LogP contribution in [0.5, 0.6) is 0 Å². The van der Waals surface area contributed by atoms with Gasteiger partial charge in [0.15, 0.2) is 0 Å². The molecule has 2 atom stereocenters. The fourth-order valence-electron chi connectivity index (χ4n) is 6.25. The fourth-order valence-corrected chi connectivity index (χ4v) is 6.25. The summed E-state index contributed by atoms with van der Waals surface area (Å²) in [6.07, 6.45) is 42.8. The van der Waals surface area contributed by atoms with Crippen molar-refractivity contribution in [3.63, 3.8) is 0 Å². The Balaban J connectivity index is 2.24. The molecule has 224 valence electrons. The Morgan fingerprint density at radius 1 is 0.500 bits per heavy atom. The zero-order chi connectivity index (χ0) is 27.5. The van der Waals surface area contributed by atoms with E-state index in [-0.39, 0.29) is 0 Å². The predicted octanol–water partition coefficient (Wildman–Crippen LogP) is 12.5. The van der Waals surface area contributed by atoms with Crippen molar-refractivity contribution in [2.75, 3.05) is 0 Å². The second-order valence-electron chi connectivity index (χ2n) is 12.6. The van der Waals surface area contributed by atoms with Gasteiger partial charge < -0.3 is 0 Å². The fraction of sp³-hybridized carbons (Fsp3) is 0.917. The molecule has 0 aliphatic rings. The minimum absolute atomic E-state index is 0.622. The third-order valence-corrected chi connectivity index (χ3v) is 8.89. The summed E-state index contributed by atoms with van der Waals surface area (Å²) in [5.41, 5.74) is 0. The lowest BCUT2D eigenvalue weighted by atomic mass is 9.93. The van der Waals surface area contributed by atoms with Crippen LogP contribution in [0.3, 0.4) is 0 Å². The zero-order valence-electron chi connectivity index (χ0n) is 26.8. The highest BCUT2D eigenvalue weighted by Gasteiger charge is 2.25. The van der Waals surface area contributed by atoms with E-state index in [1.54, 1.807) is 0 Å². The SMILES string of the molecule is CCCCCCCCCCCCCCCCCC(CCCCC)c1[nH]cc[n+]1C(C)CCCCCCCC. The molecule has 0 radical (unpaired) electrons. The van der Waals surface area contributed by atoms with E-state index >= 15 is 0 Å². The van der Waals surface area contributed by atoms with Gasteiger partial charge in [-0.15, -0.1) is 0 Å². The van der Waals surface area contributed by atoms with Crippen LogP contribution in [0.15, 0.2) is 12.4 Å². The maximum absolute atomic E-state index is 3.70. The highest BCUT2D eigenvalue weighted by atomic mass is 15.1. The van der Waals surface area contributed by atoms with Crippen molar-refractivity contribution in [3.05, 3.63) is 18.2 Å². The van der Waals surface area contributed by atoms with E-state index in [9.17, 15) is 0 Å². The summed E-state index contributed by atoms with van der Waals surface area (Å²) in [5.74, 6) is 2.23. The molecular formula is C36H71N2+. The lowest BCUT2D eigenvalue weighted by Gasteiger charge is -2.17. The van der Waals surface area contributed by atoms with Gasteiger partial charge in [-0.25, -0.2) is 9.55 Å². The van der Waals surface area contributed by atoms with E-state index in [0.29, 0.717) is 12.0 Å². The van der Waals surface area contributed by atoms with Gasteiger partial charge >= 0.3 is 0 Å². The Morgan fingerprint density at radius 2 is 0.842 bits per heavy atom. The molecule has 0 aliphatic carbocycles. The molecule has 0 fully saturated rings. The Kier molecular flexibility index (Phi) is 24.5. The topological polar surface area (TPSA) is 19.7 Å². The zero-order valence-corrected chi connectivity index (χ0v) is 26.8. The quantitative estimate of drug-likeness (QED) is 0.0783. The van der Waals surface area contributed by atoms with Gasteiger partial charge in [-0.05, 0) is 32.6 Å². The van der Waals surface area contributed by atoms with Gasteiger partial charge in [0.25, 0.3) is 5.82 Å². The van der Waals surface area contributed by atoms with Crippen molar-refractivity contribution in [1.82, 2.24) is 4.98 Å². The van der Waals surface area contributed by atoms with Crippen LogP contribution in [0.25, 0.3) is 0 Å². The maximum atomic E-state index is 3.70. The van der Waals surface area contributed by atoms with Crippen LogP contribution in [0.4, 0.5) is 0 Å². The molecule has 0 amide bonds. The van der Waals surface area contributed by atoms with Gasteiger partial charge in [0, 0.05) is 0 Å². The molecular weight excluding hydrogens is 460 g/mol. The van der Waals surface area contributed by atoms with Crippen molar-refractivity contribution < 1.29 is 4.57 Å². The monoisotopic (exact) mass is 532 g/mol. The summed E-state index contributed by atoms with van der Waals surface area (Å²) in [5, 5.41) is 0. The van der Waals surface area contributed by atoms with Crippen molar-refractivity contribution in [3.8, 4) is 0 Å². The average Bonchev–Trinajstić information content (AvgIpc) is 3.42. The summed E-state index contributed by atoms with van der Waals surface area (Å²) < 4.78 is 2.61. The average molecular weight is 532 g/mol. The molecule has 1 aromatic rings. The first-order valence-corrected chi connectivity index (χ1v) is 17.8. The summed E-state index contributed by atoms with van der Waals surface area (Å²) >= 11 is 0. The number of aromatic amines is 1. The van der Waals surface area contributed by atoms with E-state index in [0.717, 1.165) is 0 Å². The minimum Gasteiger partial charge on any atom is -0.247 e. The highest BCUT2D eigenvalue weighted by Crippen LogP contribution is 2.27. The molecule has 0 aromatic carbocycles. The molecule has 0 spiro atoms. The lowest BCUT2D eigenvalue weighted by molar-refractivity contribution is -0.727. The number of hydrogen-bond acceptors (Lipinski definition) is 0. The highest BCUT2D eigenvalue weighted by molar-refractivity contribution is 4.90. The van der Waals surface area contributed by atoms with Crippen LogP contribution < -0.4 is 4.57 Å². The van der Waals surface area contributed by atoms with Gasteiger partial charge in [0.1, 0.15) is 12.4 Å². The third kappa shape index (κ3) is 18.5. The van der Waals surface area contributed by atoms with Crippen LogP contribution in [0.1, 0.15) is 219 Å². The first kappa shape index (κ1) is 35.2. The van der Waals surface area contributed by atoms with Gasteiger partial charge in [-0.2, -0.15) is 0 Å². The normalized spacial score (nSPS) is 13.3. The maximum Gasteiger partial charge on any atom is 0.257 e. The van der Waals surface area contributed by atoms with E-state index in [2.05, 4.69) is 49.6 Å². The van der Waals surface area contributed by atoms with Crippen LogP contribution in [-0.2, 0) is 0 Å². The molecule has 2 nitrogen and oxygen atoms in total. The molecule has 0 saturated carbocycles. The molecule has 0 bridgehead atoms. The van der Waals surface area contributed by atoms with Crippen molar-refractivity contribution in [2.24, 2.45) is 0 Å². The number of rotatable bonds is 29. The number of hydrogen-bond donors (Lipinski definition) is 1. The van der Waals surface area contributed by atoms with E-state index in [1.165, 1.54) is 179 Å². The third-order valence-electron chi connectivity index (χ3n) is 8.89. The Bertz CT molecular complexity index is 592. The molecule has 1 heterocycles. The van der Waals surface area contributed by atoms with Crippen molar-refractivity contribution >= 4 is 0 Å². The van der Waals surface area contributed by atoms with Crippen LogP contribution >= 0.6 is 0 Å². The second kappa shape index (κ2) is 26.4. The van der Waals surface area contributed by atoms with Gasteiger partial charge in [0.2, 0.25) is 0 Å². The van der Waals surface area contributed by atoms with Crippen LogP contribution in [0, 0.1) is 0 Å². The smallest absolute Gasteiger partial charge is 0.247 e. The van der Waals surface area contributed by atoms with Crippen LogP contribution in [-0.4, -0.2) is 4.98 Å². The Hall–Kier alpha value is -0.790. The van der Waals surface area contributed by atoms with E-state index < -0.39 is 0 Å². The number of nitrogens with one attached hydrogen (secondary N) is 1. The second-order valence-corrected chi connectivity index (χ2v) is 12.6. The first-order chi connectivity index (χ1) is 18.7. The molecule has 38 heavy (non-hydrogen) atoms. The number of H-pyrrole nitrogens is 1. The molecule has 1 N–H and O–H groups in total. The number of nitrogens with zero attached hydrogens (tertiary/aromatic N) is 1. The molecule has 2 unspecified atom stereocenters. The van der Waals surface area contributed by atoms with Crippen LogP contribution in [0.2, 0.25) is 0 Å². The lowest BCUT2D eigenvalue weighted by Crippen LogP contribution is -2.41. The summed E-state index contributed by atoms with van der Waals surface area (Å²) in [7, 11) is 0. The predicted molar refractivity (Wildman–Crippen MR) is 170 cm³/mol. The molecule has 1 rings (SSSR count). The summed E-state index contributed by atoms with van der Waals surface area (Å²) in [4.78, 5) is 3.70. The minimum atomic E-state index is 0.622. The van der Waals surface area contributed by atoms with Crippen molar-refractivity contribution in [1.29, 1.82) is 0 Å². The molecule has 2 heteroatoms. The largest absolute Gasteiger partial charge is 0.257 e. The standard InChI is InChI=1S/C36H70N2/c1-5-8-11-13-15-16-17-18-19-20-21-22-23-25-28-31-35(30-26-10-7-3)36-37-32-33-38(36)34(4)29-27-24-14-12-9-6-2/h32-35H,5-31H2,1-4H3/p+1. The molecule has 0 saturated heterocycles. The first-order valence-electron chi connectivity index (χ1n) is 17.8. The van der Waals surface area contributed by atoms with E-state index in [1.807, 2.05) is 0 Å². The summed E-state index contributed by atoms with van der Waals surface area (Å²) in [6, 6.07) is 0.622. The van der Waals surface area contributed by atoms with Gasteiger partial charge in [-0.1, -0.05) is 168 Å². The molecule has 1 aromatic heterocycles. The number of aromatic nitrogens is 2. The van der Waals surface area contributed by atoms with E-state index in [4.69, 9.17) is 0 Å². The Labute approximate surface area is 240 Å². The van der Waals surface area contributed by atoms with Gasteiger partial charge in [0.05, 0.1) is 12.0 Å². The Morgan fingerprint density at radius 3 is 1.29 bits per heavy atom. The summed E-state index contributed by atoms with van der Waals surface area (Å²) in [6.45, 7) is 9.39. The molecule has 0 aliphatic heterocycles. The van der Waals surface area contributed by atoms with Gasteiger partial charge in [-0.3, -0.25) is 0 Å². The number of imidazole rings is 1.